The van der Waals surface area contributed by atoms with Crippen LogP contribution in [0.25, 0.3) is 0 Å². The van der Waals surface area contributed by atoms with Crippen molar-refractivity contribution in [3.63, 3.8) is 0 Å². The van der Waals surface area contributed by atoms with Gasteiger partial charge in [-0.25, -0.2) is 4.79 Å². The fourth-order valence-electron chi connectivity index (χ4n) is 2.50. The van der Waals surface area contributed by atoms with Gasteiger partial charge in [-0.15, -0.1) is 0 Å². The van der Waals surface area contributed by atoms with E-state index in [1.54, 1.807) is 0 Å². The second kappa shape index (κ2) is 7.92. The number of ether oxygens (including phenoxy) is 2. The molecule has 2 rings (SSSR count). The van der Waals surface area contributed by atoms with Crippen molar-refractivity contribution in [3.05, 3.63) is 56.5 Å². The number of rotatable bonds is 5. The number of pyridine rings is 1. The van der Waals surface area contributed by atoms with E-state index in [1.807, 2.05) is 0 Å². The van der Waals surface area contributed by atoms with Crippen molar-refractivity contribution in [1.29, 1.82) is 0 Å². The molecule has 1 aromatic heterocycles. The maximum Gasteiger partial charge on any atom is 0.343 e. The van der Waals surface area contributed by atoms with Crippen molar-refractivity contribution in [2.75, 3.05) is 14.2 Å². The van der Waals surface area contributed by atoms with Crippen molar-refractivity contribution in [3.8, 4) is 11.5 Å². The number of halogens is 1. The van der Waals surface area contributed by atoms with Crippen LogP contribution < -0.4 is 5.56 Å². The highest BCUT2D eigenvalue weighted by atomic mass is 35.5. The summed E-state index contributed by atoms with van der Waals surface area (Å²) in [6.45, 7) is 0. The molecule has 26 heavy (non-hydrogen) atoms. The monoisotopic (exact) mass is 381 g/mol. The fraction of sp³-hybridized carbons (Fsp3) is 0.235. The van der Waals surface area contributed by atoms with Gasteiger partial charge in [0.25, 0.3) is 5.56 Å². The van der Waals surface area contributed by atoms with Crippen molar-refractivity contribution >= 4 is 23.5 Å². The number of benzene rings is 1. The minimum atomic E-state index is -0.978. The molecule has 0 saturated carbocycles. The second-order valence-electron chi connectivity index (χ2n) is 5.33. The summed E-state index contributed by atoms with van der Waals surface area (Å²) in [5.74, 6) is -3.29. The topological polar surface area (TPSA) is 126 Å². The van der Waals surface area contributed by atoms with Crippen molar-refractivity contribution in [2.45, 2.75) is 12.3 Å². The van der Waals surface area contributed by atoms with Crippen molar-refractivity contribution < 1.29 is 29.3 Å². The molecule has 2 aromatic rings. The Morgan fingerprint density at radius 1 is 1.23 bits per heavy atom. The number of carbonyl (C=O) groups excluding carboxylic acids is 2. The number of aromatic amines is 1. The van der Waals surface area contributed by atoms with Gasteiger partial charge in [-0.3, -0.25) is 9.59 Å². The molecule has 3 N–H and O–H groups in total. The number of phenols is 1. The van der Waals surface area contributed by atoms with Crippen molar-refractivity contribution in [2.24, 2.45) is 0 Å². The van der Waals surface area contributed by atoms with Gasteiger partial charge in [0.1, 0.15) is 17.1 Å². The molecule has 0 fully saturated rings. The Morgan fingerprint density at radius 2 is 1.92 bits per heavy atom. The highest BCUT2D eigenvalue weighted by Gasteiger charge is 2.28. The molecule has 0 amide bonds. The summed E-state index contributed by atoms with van der Waals surface area (Å²) in [5, 5.41) is 20.0. The molecule has 0 bridgehead atoms. The van der Waals surface area contributed by atoms with Gasteiger partial charge in [-0.05, 0) is 17.7 Å². The molecule has 1 heterocycles. The number of carbonyl (C=O) groups is 2. The Labute approximate surface area is 153 Å². The minimum absolute atomic E-state index is 0.00240. The van der Waals surface area contributed by atoms with E-state index in [1.165, 1.54) is 25.3 Å². The number of hydrogen-bond donors (Lipinski definition) is 3. The number of phenolic OH excluding ortho intramolecular Hbond substituents is 1. The first-order valence-corrected chi connectivity index (χ1v) is 7.76. The Bertz CT molecular complexity index is 906. The van der Waals surface area contributed by atoms with Gasteiger partial charge in [-0.2, -0.15) is 0 Å². The zero-order valence-electron chi connectivity index (χ0n) is 13.9. The Kier molecular flexibility index (Phi) is 5.89. The van der Waals surface area contributed by atoms with E-state index in [9.17, 15) is 24.6 Å². The van der Waals surface area contributed by atoms with Gasteiger partial charge < -0.3 is 24.7 Å². The SMILES string of the molecule is COC(=O)C[C@@H](c1ccc(O)c(Cl)c1)c1c(O)c(C(=O)OC)c[nH]c1=O. The van der Waals surface area contributed by atoms with Gasteiger partial charge in [0.15, 0.2) is 0 Å². The lowest BCUT2D eigenvalue weighted by molar-refractivity contribution is -0.140. The van der Waals surface area contributed by atoms with Crippen LogP contribution >= 0.6 is 11.6 Å². The van der Waals surface area contributed by atoms with E-state index in [0.29, 0.717) is 5.56 Å². The molecule has 0 radical (unpaired) electrons. The van der Waals surface area contributed by atoms with Crippen molar-refractivity contribution in [1.82, 2.24) is 4.98 Å². The quantitative estimate of drug-likeness (QED) is 0.675. The van der Waals surface area contributed by atoms with Crippen LogP contribution in [0, 0.1) is 0 Å². The summed E-state index contributed by atoms with van der Waals surface area (Å²) in [4.78, 5) is 38.3. The van der Waals surface area contributed by atoms with Crippen LogP contribution in [-0.2, 0) is 14.3 Å². The summed E-state index contributed by atoms with van der Waals surface area (Å²) in [7, 11) is 2.30. The molecule has 138 valence electrons. The normalized spacial score (nSPS) is 11.7. The molecule has 0 aliphatic heterocycles. The molecule has 8 nitrogen and oxygen atoms in total. The van der Waals surface area contributed by atoms with Gasteiger partial charge in [0, 0.05) is 12.1 Å². The van der Waals surface area contributed by atoms with E-state index in [0.717, 1.165) is 13.3 Å². The number of hydrogen-bond acceptors (Lipinski definition) is 7. The first-order chi connectivity index (χ1) is 12.3. The van der Waals surface area contributed by atoms with E-state index >= 15 is 0 Å². The maximum atomic E-state index is 12.3. The molecule has 0 saturated heterocycles. The zero-order valence-corrected chi connectivity index (χ0v) is 14.7. The first kappa shape index (κ1) is 19.3. The van der Waals surface area contributed by atoms with E-state index in [-0.39, 0.29) is 28.3 Å². The molecular formula is C17H16ClNO7. The molecule has 1 atom stereocenters. The molecule has 0 aliphatic carbocycles. The van der Waals surface area contributed by atoms with Crippen LogP contribution in [-0.4, -0.2) is 41.4 Å². The van der Waals surface area contributed by atoms with Crippen LogP contribution in [0.2, 0.25) is 5.02 Å². The third-order valence-electron chi connectivity index (χ3n) is 3.83. The predicted molar refractivity (Wildman–Crippen MR) is 91.7 cm³/mol. The predicted octanol–water partition coefficient (Wildman–Crippen LogP) is 1.92. The largest absolute Gasteiger partial charge is 0.506 e. The van der Waals surface area contributed by atoms with Crippen LogP contribution in [0.4, 0.5) is 0 Å². The minimum Gasteiger partial charge on any atom is -0.506 e. The van der Waals surface area contributed by atoms with E-state index in [2.05, 4.69) is 14.5 Å². The molecule has 9 heteroatoms. The zero-order chi connectivity index (χ0) is 19.4. The third-order valence-corrected chi connectivity index (χ3v) is 4.13. The van der Waals surface area contributed by atoms with Crippen LogP contribution in [0.1, 0.15) is 33.8 Å². The van der Waals surface area contributed by atoms with Gasteiger partial charge >= 0.3 is 11.9 Å². The molecule has 0 spiro atoms. The summed E-state index contributed by atoms with van der Waals surface area (Å²) in [6, 6.07) is 4.09. The number of aromatic nitrogens is 1. The molecule has 0 aliphatic rings. The summed E-state index contributed by atoms with van der Waals surface area (Å²) in [6.07, 6.45) is 0.713. The second-order valence-corrected chi connectivity index (χ2v) is 5.74. The smallest absolute Gasteiger partial charge is 0.343 e. The average Bonchev–Trinajstić information content (AvgIpc) is 2.62. The van der Waals surface area contributed by atoms with Crippen LogP contribution in [0.3, 0.4) is 0 Å². The third kappa shape index (κ3) is 3.80. The molecule has 1 aromatic carbocycles. The Morgan fingerprint density at radius 3 is 2.50 bits per heavy atom. The number of aromatic hydroxyl groups is 2. The summed E-state index contributed by atoms with van der Waals surface area (Å²) < 4.78 is 9.22. The van der Waals surface area contributed by atoms with Gasteiger partial charge in [-0.1, -0.05) is 17.7 Å². The Balaban J connectivity index is 2.69. The summed E-state index contributed by atoms with van der Waals surface area (Å²) >= 11 is 5.91. The van der Waals surface area contributed by atoms with E-state index < -0.39 is 29.2 Å². The number of nitrogens with one attached hydrogen (secondary N) is 1. The van der Waals surface area contributed by atoms with E-state index in [4.69, 9.17) is 11.6 Å². The van der Waals surface area contributed by atoms with Gasteiger partial charge in [0.05, 0.1) is 31.2 Å². The van der Waals surface area contributed by atoms with Crippen LogP contribution in [0.5, 0.6) is 11.5 Å². The van der Waals surface area contributed by atoms with Gasteiger partial charge in [0.2, 0.25) is 0 Å². The number of methoxy groups -OCH3 is 2. The van der Waals surface area contributed by atoms with Crippen LogP contribution in [0.15, 0.2) is 29.2 Å². The maximum absolute atomic E-state index is 12.3. The number of H-pyrrole nitrogens is 1. The standard InChI is InChI=1S/C17H16ClNO7/c1-25-13(21)6-9(8-3-4-12(20)11(18)5-8)14-15(22)10(17(24)26-2)7-19-16(14)23/h3-5,7,9,20H,6H2,1-2H3,(H2,19,22,23)/t9-/m0/s1. The number of esters is 2. The lowest BCUT2D eigenvalue weighted by Crippen LogP contribution is -2.22. The molecular weight excluding hydrogens is 366 g/mol. The first-order valence-electron chi connectivity index (χ1n) is 7.38. The average molecular weight is 382 g/mol. The lowest BCUT2D eigenvalue weighted by Gasteiger charge is -2.18. The molecule has 0 unspecified atom stereocenters. The fourth-order valence-corrected chi connectivity index (χ4v) is 2.69. The Hall–Kier alpha value is -3.00. The lowest BCUT2D eigenvalue weighted by atomic mass is 9.87. The highest BCUT2D eigenvalue weighted by Crippen LogP contribution is 2.36. The highest BCUT2D eigenvalue weighted by molar-refractivity contribution is 6.32. The summed E-state index contributed by atoms with van der Waals surface area (Å²) in [5.41, 5.74) is -0.823.